The Balaban J connectivity index is 1.91. The van der Waals surface area contributed by atoms with E-state index in [0.29, 0.717) is 25.2 Å². The summed E-state index contributed by atoms with van der Waals surface area (Å²) in [5.41, 5.74) is 0.658. The van der Waals surface area contributed by atoms with Gasteiger partial charge < -0.3 is 19.6 Å². The van der Waals surface area contributed by atoms with Gasteiger partial charge in [0.2, 0.25) is 0 Å². The fourth-order valence-electron chi connectivity index (χ4n) is 3.02. The van der Waals surface area contributed by atoms with Gasteiger partial charge in [-0.2, -0.15) is 0 Å². The van der Waals surface area contributed by atoms with E-state index >= 15 is 0 Å². The van der Waals surface area contributed by atoms with Gasteiger partial charge in [0, 0.05) is 17.5 Å². The Morgan fingerprint density at radius 2 is 2.20 bits per heavy atom. The molecule has 0 saturated heterocycles. The molecule has 2 aromatic rings. The molecule has 1 unspecified atom stereocenters. The average molecular weight is 347 g/mol. The van der Waals surface area contributed by atoms with Crippen molar-refractivity contribution in [3.05, 3.63) is 58.8 Å². The molecule has 1 aliphatic heterocycles. The van der Waals surface area contributed by atoms with Crippen LogP contribution in [0.25, 0.3) is 0 Å². The van der Waals surface area contributed by atoms with E-state index < -0.39 is 29.7 Å². The van der Waals surface area contributed by atoms with Crippen LogP contribution in [-0.4, -0.2) is 23.6 Å². The molecule has 132 valence electrons. The van der Waals surface area contributed by atoms with Crippen LogP contribution in [0.5, 0.6) is 0 Å². The summed E-state index contributed by atoms with van der Waals surface area (Å²) < 4.78 is 24.3. The SMILES string of the molecule is CC(CC(=O)O)(NC(=O)c1occ2c1CCOC2)c1cccc(F)c1. The third-order valence-electron chi connectivity index (χ3n) is 4.30. The number of aliphatic carboxylic acids is 1. The van der Waals surface area contributed by atoms with Crippen molar-refractivity contribution < 1.29 is 28.2 Å². The second-order valence-electron chi connectivity index (χ2n) is 6.24. The number of carbonyl (C=O) groups is 2. The number of fused-ring (bicyclic) bond motifs is 1. The lowest BCUT2D eigenvalue weighted by molar-refractivity contribution is -0.138. The fourth-order valence-corrected chi connectivity index (χ4v) is 3.02. The van der Waals surface area contributed by atoms with Gasteiger partial charge in [-0.15, -0.1) is 0 Å². The lowest BCUT2D eigenvalue weighted by Gasteiger charge is -2.30. The van der Waals surface area contributed by atoms with Crippen molar-refractivity contribution >= 4 is 11.9 Å². The first-order valence-electron chi connectivity index (χ1n) is 7.86. The molecule has 0 radical (unpaired) electrons. The van der Waals surface area contributed by atoms with Gasteiger partial charge in [-0.05, 0) is 24.6 Å². The molecule has 0 fully saturated rings. The summed E-state index contributed by atoms with van der Waals surface area (Å²) in [7, 11) is 0. The molecule has 0 spiro atoms. The quantitative estimate of drug-likeness (QED) is 0.868. The van der Waals surface area contributed by atoms with Crippen molar-refractivity contribution in [2.24, 2.45) is 0 Å². The molecule has 7 heteroatoms. The zero-order chi connectivity index (χ0) is 18.0. The Labute approximate surface area is 143 Å². The highest BCUT2D eigenvalue weighted by Crippen LogP contribution is 2.28. The van der Waals surface area contributed by atoms with E-state index in [1.807, 2.05) is 0 Å². The van der Waals surface area contributed by atoms with Crippen molar-refractivity contribution in [2.45, 2.75) is 31.9 Å². The van der Waals surface area contributed by atoms with E-state index in [2.05, 4.69) is 5.32 Å². The maximum Gasteiger partial charge on any atom is 0.306 e. The second-order valence-corrected chi connectivity index (χ2v) is 6.24. The molecule has 3 rings (SSSR count). The Bertz CT molecular complexity index is 816. The van der Waals surface area contributed by atoms with Crippen LogP contribution in [0.2, 0.25) is 0 Å². The van der Waals surface area contributed by atoms with E-state index in [9.17, 15) is 19.1 Å². The number of halogens is 1. The summed E-state index contributed by atoms with van der Waals surface area (Å²) in [4.78, 5) is 24.0. The molecule has 0 aliphatic carbocycles. The summed E-state index contributed by atoms with van der Waals surface area (Å²) in [6.07, 6.45) is 1.62. The first-order chi connectivity index (χ1) is 11.9. The van der Waals surface area contributed by atoms with Gasteiger partial charge >= 0.3 is 5.97 Å². The molecule has 2 N–H and O–H groups in total. The minimum absolute atomic E-state index is 0.145. The number of hydrogen-bond acceptors (Lipinski definition) is 4. The van der Waals surface area contributed by atoms with Gasteiger partial charge in [0.15, 0.2) is 5.76 Å². The minimum atomic E-state index is -1.28. The van der Waals surface area contributed by atoms with Crippen molar-refractivity contribution in [1.82, 2.24) is 5.32 Å². The van der Waals surface area contributed by atoms with E-state index in [-0.39, 0.29) is 5.76 Å². The van der Waals surface area contributed by atoms with Crippen LogP contribution in [0.15, 0.2) is 34.9 Å². The summed E-state index contributed by atoms with van der Waals surface area (Å²) in [6.45, 7) is 2.41. The van der Waals surface area contributed by atoms with Gasteiger partial charge in [-0.25, -0.2) is 4.39 Å². The molecular weight excluding hydrogens is 329 g/mol. The van der Waals surface area contributed by atoms with Gasteiger partial charge in [0.25, 0.3) is 5.91 Å². The number of carboxylic acid groups (broad SMARTS) is 1. The zero-order valence-electron chi connectivity index (χ0n) is 13.7. The Morgan fingerprint density at radius 1 is 1.40 bits per heavy atom. The predicted molar refractivity (Wildman–Crippen MR) is 85.5 cm³/mol. The molecule has 1 aromatic carbocycles. The lowest BCUT2D eigenvalue weighted by Crippen LogP contribution is -2.45. The van der Waals surface area contributed by atoms with E-state index in [1.54, 1.807) is 13.0 Å². The monoisotopic (exact) mass is 347 g/mol. The van der Waals surface area contributed by atoms with Crippen LogP contribution in [0.3, 0.4) is 0 Å². The largest absolute Gasteiger partial charge is 0.481 e. The van der Waals surface area contributed by atoms with Crippen molar-refractivity contribution in [3.63, 3.8) is 0 Å². The number of amides is 1. The Kier molecular flexibility index (Phi) is 4.59. The van der Waals surface area contributed by atoms with Gasteiger partial charge in [0.05, 0.1) is 31.4 Å². The number of carbonyl (C=O) groups excluding carboxylic acids is 1. The van der Waals surface area contributed by atoms with Crippen LogP contribution in [-0.2, 0) is 28.1 Å². The second kappa shape index (κ2) is 6.68. The molecule has 2 heterocycles. The third-order valence-corrected chi connectivity index (χ3v) is 4.30. The highest BCUT2D eigenvalue weighted by atomic mass is 19.1. The molecule has 0 saturated carbocycles. The summed E-state index contributed by atoms with van der Waals surface area (Å²) in [5, 5.41) is 11.9. The molecule has 1 amide bonds. The van der Waals surface area contributed by atoms with Gasteiger partial charge in [-0.1, -0.05) is 12.1 Å². The number of hydrogen-bond donors (Lipinski definition) is 2. The summed E-state index contributed by atoms with van der Waals surface area (Å²) in [6, 6.07) is 5.53. The van der Waals surface area contributed by atoms with Crippen LogP contribution >= 0.6 is 0 Å². The molecule has 6 nitrogen and oxygen atoms in total. The topological polar surface area (TPSA) is 88.8 Å². The molecule has 0 bridgehead atoms. The van der Waals surface area contributed by atoms with Crippen LogP contribution in [0.4, 0.5) is 4.39 Å². The number of rotatable bonds is 5. The maximum absolute atomic E-state index is 13.6. The van der Waals surface area contributed by atoms with Crippen LogP contribution < -0.4 is 5.32 Å². The first kappa shape index (κ1) is 17.2. The molecule has 1 aliphatic rings. The number of ether oxygens (including phenoxy) is 1. The number of benzene rings is 1. The Morgan fingerprint density at radius 3 is 2.92 bits per heavy atom. The van der Waals surface area contributed by atoms with Crippen molar-refractivity contribution in [3.8, 4) is 0 Å². The molecule has 1 aromatic heterocycles. The lowest BCUT2D eigenvalue weighted by atomic mass is 9.88. The molecule has 25 heavy (non-hydrogen) atoms. The standard InChI is InChI=1S/C18H18FNO5/c1-18(8-15(21)22,12-3-2-4-13(19)7-12)20-17(23)16-14-5-6-24-9-11(14)10-25-16/h2-4,7,10H,5-6,8-9H2,1H3,(H,20,23)(H,21,22). The zero-order valence-corrected chi connectivity index (χ0v) is 13.7. The number of nitrogens with one attached hydrogen (secondary N) is 1. The third kappa shape index (κ3) is 3.56. The highest BCUT2D eigenvalue weighted by Gasteiger charge is 2.34. The summed E-state index contributed by atoms with van der Waals surface area (Å²) in [5.74, 6) is -2.00. The Hall–Kier alpha value is -2.67. The predicted octanol–water partition coefficient (Wildman–Crippen LogP) is 2.61. The fraction of sp³-hybridized carbons (Fsp3) is 0.333. The van der Waals surface area contributed by atoms with E-state index in [1.165, 1.54) is 24.5 Å². The minimum Gasteiger partial charge on any atom is -0.481 e. The summed E-state index contributed by atoms with van der Waals surface area (Å²) >= 11 is 0. The van der Waals surface area contributed by atoms with Gasteiger partial charge in [-0.3, -0.25) is 9.59 Å². The number of carboxylic acids is 1. The highest BCUT2D eigenvalue weighted by molar-refractivity contribution is 5.94. The first-order valence-corrected chi connectivity index (χ1v) is 7.86. The molecule has 1 atom stereocenters. The molecular formula is C18H18FNO5. The number of furan rings is 1. The maximum atomic E-state index is 13.6. The smallest absolute Gasteiger partial charge is 0.306 e. The van der Waals surface area contributed by atoms with Crippen LogP contribution in [0, 0.1) is 5.82 Å². The average Bonchev–Trinajstić information content (AvgIpc) is 2.98. The normalized spacial score (nSPS) is 15.9. The van der Waals surface area contributed by atoms with Crippen molar-refractivity contribution in [2.75, 3.05) is 6.61 Å². The van der Waals surface area contributed by atoms with E-state index in [4.69, 9.17) is 9.15 Å². The van der Waals surface area contributed by atoms with Crippen molar-refractivity contribution in [1.29, 1.82) is 0 Å². The van der Waals surface area contributed by atoms with Crippen LogP contribution in [0.1, 0.15) is 40.6 Å². The van der Waals surface area contributed by atoms with E-state index in [0.717, 1.165) is 11.1 Å². The van der Waals surface area contributed by atoms with Gasteiger partial charge in [0.1, 0.15) is 5.82 Å².